The van der Waals surface area contributed by atoms with Crippen LogP contribution in [0.5, 0.6) is 11.6 Å². The Labute approximate surface area is 188 Å². The Kier molecular flexibility index (Phi) is 6.74. The van der Waals surface area contributed by atoms with Crippen molar-refractivity contribution in [1.29, 1.82) is 0 Å². The lowest BCUT2D eigenvalue weighted by Crippen LogP contribution is -2.35. The van der Waals surface area contributed by atoms with Gasteiger partial charge in [0.25, 0.3) is 5.56 Å². The number of methoxy groups -OCH3 is 1. The van der Waals surface area contributed by atoms with Crippen LogP contribution in [0.1, 0.15) is 0 Å². The lowest BCUT2D eigenvalue weighted by atomic mass is 10.1. The molecule has 0 saturated carbocycles. The predicted molar refractivity (Wildman–Crippen MR) is 119 cm³/mol. The first-order valence-electron chi connectivity index (χ1n) is 10.1. The summed E-state index contributed by atoms with van der Waals surface area (Å²) in [5.41, 5.74) is 1.60. The maximum atomic E-state index is 12.3. The smallest absolute Gasteiger partial charge is 0.267 e. The summed E-state index contributed by atoms with van der Waals surface area (Å²) in [7, 11) is 1.59. The third-order valence-electron chi connectivity index (χ3n) is 4.63. The second-order valence-corrected chi connectivity index (χ2v) is 6.88. The van der Waals surface area contributed by atoms with Crippen molar-refractivity contribution in [2.45, 2.75) is 6.54 Å². The number of amides is 1. The van der Waals surface area contributed by atoms with E-state index in [1.54, 1.807) is 55.8 Å². The number of benzene rings is 1. The fraction of sp³-hybridized carbons (Fsp3) is 0.174. The van der Waals surface area contributed by atoms with Crippen molar-refractivity contribution in [3.05, 3.63) is 77.3 Å². The Hall–Kier alpha value is -4.47. The number of hydrogen-bond donors (Lipinski definition) is 1. The highest BCUT2D eigenvalue weighted by Crippen LogP contribution is 2.19. The van der Waals surface area contributed by atoms with Crippen LogP contribution in [0.25, 0.3) is 22.7 Å². The summed E-state index contributed by atoms with van der Waals surface area (Å²) in [6, 6.07) is 17.2. The third kappa shape index (κ3) is 5.62. The van der Waals surface area contributed by atoms with E-state index in [1.807, 2.05) is 12.1 Å². The molecular weight excluding hydrogens is 426 g/mol. The molecule has 1 N–H and O–H groups in total. The Balaban J connectivity index is 1.27. The molecular formula is C23H21N5O5. The van der Waals surface area contributed by atoms with Crippen molar-refractivity contribution >= 4 is 5.91 Å². The molecule has 0 atom stereocenters. The van der Waals surface area contributed by atoms with Gasteiger partial charge in [0.15, 0.2) is 5.76 Å². The lowest BCUT2D eigenvalue weighted by molar-refractivity contribution is -0.122. The molecule has 33 heavy (non-hydrogen) atoms. The van der Waals surface area contributed by atoms with Crippen molar-refractivity contribution in [3.63, 3.8) is 0 Å². The first-order chi connectivity index (χ1) is 16.1. The number of carbonyl (C=O) groups is 1. The van der Waals surface area contributed by atoms with Gasteiger partial charge in [-0.1, -0.05) is 0 Å². The maximum Gasteiger partial charge on any atom is 0.267 e. The monoisotopic (exact) mass is 447 g/mol. The standard InChI is InChI=1S/C23H21N5O5/c1-31-17-6-4-16(5-7-17)18-9-11-23(30)28(27-18)15-21(29)24-12-14-33-22-10-8-19(25-26-22)20-3-2-13-32-20/h2-11,13H,12,14-15H2,1H3,(H,24,29). The highest BCUT2D eigenvalue weighted by Gasteiger charge is 2.09. The zero-order chi connectivity index (χ0) is 23.0. The van der Waals surface area contributed by atoms with Crippen molar-refractivity contribution < 1.29 is 18.7 Å². The Morgan fingerprint density at radius 2 is 1.85 bits per heavy atom. The van der Waals surface area contributed by atoms with Gasteiger partial charge in [-0.15, -0.1) is 10.2 Å². The molecule has 0 aliphatic carbocycles. The van der Waals surface area contributed by atoms with E-state index in [0.717, 1.165) is 10.2 Å². The van der Waals surface area contributed by atoms with Crippen LogP contribution < -0.4 is 20.3 Å². The number of hydrogen-bond acceptors (Lipinski definition) is 8. The summed E-state index contributed by atoms with van der Waals surface area (Å²) in [5, 5.41) is 15.0. The molecule has 4 aromatic rings. The molecule has 0 spiro atoms. The van der Waals surface area contributed by atoms with Crippen LogP contribution in [0.4, 0.5) is 0 Å². The molecule has 0 bridgehead atoms. The van der Waals surface area contributed by atoms with E-state index in [1.165, 1.54) is 6.07 Å². The molecule has 3 heterocycles. The SMILES string of the molecule is COc1ccc(-c2ccc(=O)n(CC(=O)NCCOc3ccc(-c4ccco4)nn3)n2)cc1. The van der Waals surface area contributed by atoms with Crippen molar-refractivity contribution in [1.82, 2.24) is 25.3 Å². The zero-order valence-corrected chi connectivity index (χ0v) is 17.8. The summed E-state index contributed by atoms with van der Waals surface area (Å²) in [6.07, 6.45) is 1.56. The van der Waals surface area contributed by atoms with Gasteiger partial charge < -0.3 is 19.2 Å². The molecule has 3 aromatic heterocycles. The summed E-state index contributed by atoms with van der Waals surface area (Å²) >= 11 is 0. The molecule has 10 heteroatoms. The summed E-state index contributed by atoms with van der Waals surface area (Å²) < 4.78 is 17.0. The molecule has 0 aliphatic heterocycles. The Morgan fingerprint density at radius 1 is 1.03 bits per heavy atom. The van der Waals surface area contributed by atoms with Crippen LogP contribution in [-0.2, 0) is 11.3 Å². The van der Waals surface area contributed by atoms with Crippen molar-refractivity contribution in [3.8, 4) is 34.3 Å². The molecule has 168 valence electrons. The topological polar surface area (TPSA) is 121 Å². The van der Waals surface area contributed by atoms with Crippen LogP contribution in [0.15, 0.2) is 76.1 Å². The summed E-state index contributed by atoms with van der Waals surface area (Å²) in [5.74, 6) is 1.29. The quantitative estimate of drug-likeness (QED) is 0.388. The number of nitrogens with zero attached hydrogens (tertiary/aromatic N) is 4. The van der Waals surface area contributed by atoms with Gasteiger partial charge in [0.05, 0.1) is 25.6 Å². The van der Waals surface area contributed by atoms with Crippen molar-refractivity contribution in [2.24, 2.45) is 0 Å². The molecule has 0 saturated heterocycles. The minimum absolute atomic E-state index is 0.189. The normalized spacial score (nSPS) is 10.6. The minimum Gasteiger partial charge on any atom is -0.497 e. The number of ether oxygens (including phenoxy) is 2. The van der Waals surface area contributed by atoms with Crippen LogP contribution in [0.2, 0.25) is 0 Å². The maximum absolute atomic E-state index is 12.3. The molecule has 0 aliphatic rings. The highest BCUT2D eigenvalue weighted by molar-refractivity contribution is 5.75. The molecule has 1 aromatic carbocycles. The average molecular weight is 447 g/mol. The number of rotatable bonds is 9. The van der Waals surface area contributed by atoms with E-state index < -0.39 is 0 Å². The third-order valence-corrected chi connectivity index (χ3v) is 4.63. The van der Waals surface area contributed by atoms with E-state index in [4.69, 9.17) is 13.9 Å². The van der Waals surface area contributed by atoms with E-state index in [-0.39, 0.29) is 31.2 Å². The summed E-state index contributed by atoms with van der Waals surface area (Å²) in [4.78, 5) is 24.4. The van der Waals surface area contributed by atoms with Gasteiger partial charge in [-0.05, 0) is 48.5 Å². The lowest BCUT2D eigenvalue weighted by Gasteiger charge is -2.09. The van der Waals surface area contributed by atoms with Gasteiger partial charge in [-0.2, -0.15) is 5.10 Å². The molecule has 10 nitrogen and oxygen atoms in total. The molecule has 4 rings (SSSR count). The van der Waals surface area contributed by atoms with Crippen LogP contribution in [0.3, 0.4) is 0 Å². The van der Waals surface area contributed by atoms with Gasteiger partial charge in [0.2, 0.25) is 11.8 Å². The van der Waals surface area contributed by atoms with Crippen LogP contribution >= 0.6 is 0 Å². The summed E-state index contributed by atoms with van der Waals surface area (Å²) in [6.45, 7) is 0.211. The molecule has 0 unspecified atom stereocenters. The molecule has 0 radical (unpaired) electrons. The number of nitrogens with one attached hydrogen (secondary N) is 1. The first kappa shape index (κ1) is 21.8. The molecule has 0 fully saturated rings. The molecule has 1 amide bonds. The predicted octanol–water partition coefficient (Wildman–Crippen LogP) is 2.16. The van der Waals surface area contributed by atoms with Gasteiger partial charge >= 0.3 is 0 Å². The van der Waals surface area contributed by atoms with Crippen LogP contribution in [0, 0.1) is 0 Å². The second kappa shape index (κ2) is 10.2. The Morgan fingerprint density at radius 3 is 2.55 bits per heavy atom. The van der Waals surface area contributed by atoms with Gasteiger partial charge in [-0.25, -0.2) is 4.68 Å². The fourth-order valence-corrected chi connectivity index (χ4v) is 2.97. The van der Waals surface area contributed by atoms with E-state index >= 15 is 0 Å². The first-order valence-corrected chi connectivity index (χ1v) is 10.1. The fourth-order valence-electron chi connectivity index (χ4n) is 2.97. The van der Waals surface area contributed by atoms with Gasteiger partial charge in [0.1, 0.15) is 24.6 Å². The van der Waals surface area contributed by atoms with Gasteiger partial charge in [-0.3, -0.25) is 9.59 Å². The van der Waals surface area contributed by atoms with Crippen LogP contribution in [-0.4, -0.2) is 46.1 Å². The number of furan rings is 1. The number of aromatic nitrogens is 4. The van der Waals surface area contributed by atoms with E-state index in [2.05, 4.69) is 20.6 Å². The number of carbonyl (C=O) groups excluding carboxylic acids is 1. The van der Waals surface area contributed by atoms with Gasteiger partial charge in [0, 0.05) is 17.7 Å². The zero-order valence-electron chi connectivity index (χ0n) is 17.8. The minimum atomic E-state index is -0.370. The van der Waals surface area contributed by atoms with Crippen molar-refractivity contribution in [2.75, 3.05) is 20.3 Å². The highest BCUT2D eigenvalue weighted by atomic mass is 16.5. The van der Waals surface area contributed by atoms with E-state index in [9.17, 15) is 9.59 Å². The van der Waals surface area contributed by atoms with E-state index in [0.29, 0.717) is 28.8 Å². The average Bonchev–Trinajstić information content (AvgIpc) is 3.39. The second-order valence-electron chi connectivity index (χ2n) is 6.88. The largest absolute Gasteiger partial charge is 0.497 e. The Bertz CT molecular complexity index is 1250.